The number of benzene rings is 2. The van der Waals surface area contributed by atoms with E-state index < -0.39 is 9.71 Å². The van der Waals surface area contributed by atoms with Crippen LogP contribution < -0.4 is 4.72 Å². The molecule has 0 bridgehead atoms. The number of nitrogens with zero attached hydrogens (tertiary/aromatic N) is 1. The van der Waals surface area contributed by atoms with Crippen molar-refractivity contribution in [1.82, 2.24) is 9.97 Å². The second kappa shape index (κ2) is 5.10. The zero-order valence-electron chi connectivity index (χ0n) is 12.8. The third-order valence-electron chi connectivity index (χ3n) is 3.65. The molecule has 0 saturated heterocycles. The molecule has 7 heteroatoms. The predicted molar refractivity (Wildman–Crippen MR) is 96.1 cm³/mol. The molecule has 0 radical (unpaired) electrons. The van der Waals surface area contributed by atoms with Crippen molar-refractivity contribution in [3.8, 4) is 11.1 Å². The van der Waals surface area contributed by atoms with Crippen LogP contribution in [-0.2, 0) is 9.71 Å². The standard InChI is InChI=1S/C17H14FN3O2S/c1-24(2,22)21-17-20-14-6-3-10(7-16(14)23-17)13-9-19-15-8-11(18)4-5-12(13)15/h3-9,19H,1H2,2H3,(H,20,21,22). The molecule has 0 aliphatic heterocycles. The average Bonchev–Trinajstić information content (AvgIpc) is 3.06. The maximum Gasteiger partial charge on any atom is 0.307 e. The van der Waals surface area contributed by atoms with Gasteiger partial charge < -0.3 is 9.40 Å². The first-order valence-electron chi connectivity index (χ1n) is 7.17. The Balaban J connectivity index is 1.81. The smallest absolute Gasteiger partial charge is 0.307 e. The monoisotopic (exact) mass is 343 g/mol. The molecular formula is C17H14FN3O2S. The first-order chi connectivity index (χ1) is 11.4. The van der Waals surface area contributed by atoms with E-state index in [4.69, 9.17) is 4.42 Å². The third kappa shape index (κ3) is 2.63. The molecule has 0 aliphatic carbocycles. The Kier molecular flexibility index (Phi) is 3.14. The topological polar surface area (TPSA) is 70.9 Å². The normalized spacial score (nSPS) is 14.1. The van der Waals surface area contributed by atoms with E-state index in [1.165, 1.54) is 18.4 Å². The van der Waals surface area contributed by atoms with Gasteiger partial charge >= 0.3 is 6.01 Å². The fraction of sp³-hybridized carbons (Fsp3) is 0.0588. The molecule has 24 heavy (non-hydrogen) atoms. The van der Waals surface area contributed by atoms with E-state index in [9.17, 15) is 8.60 Å². The fourth-order valence-electron chi connectivity index (χ4n) is 2.66. The number of nitrogens with one attached hydrogen (secondary N) is 2. The van der Waals surface area contributed by atoms with Crippen molar-refractivity contribution in [3.05, 3.63) is 48.4 Å². The van der Waals surface area contributed by atoms with Crippen LogP contribution in [0, 0.1) is 5.82 Å². The highest BCUT2D eigenvalue weighted by atomic mass is 32.2. The lowest BCUT2D eigenvalue weighted by Gasteiger charge is -2.00. The Morgan fingerprint density at radius 3 is 2.92 bits per heavy atom. The molecule has 0 spiro atoms. The van der Waals surface area contributed by atoms with E-state index in [2.05, 4.69) is 20.6 Å². The van der Waals surface area contributed by atoms with Gasteiger partial charge in [0.1, 0.15) is 11.3 Å². The Morgan fingerprint density at radius 2 is 2.12 bits per heavy atom. The van der Waals surface area contributed by atoms with Gasteiger partial charge in [0.2, 0.25) is 0 Å². The van der Waals surface area contributed by atoms with E-state index in [1.54, 1.807) is 6.07 Å². The van der Waals surface area contributed by atoms with Gasteiger partial charge in [-0.3, -0.25) is 4.72 Å². The molecule has 2 aromatic carbocycles. The summed E-state index contributed by atoms with van der Waals surface area (Å²) in [6.07, 6.45) is 3.30. The lowest BCUT2D eigenvalue weighted by molar-refractivity contribution is 0.623. The number of H-pyrrole nitrogens is 1. The maximum atomic E-state index is 13.3. The van der Waals surface area contributed by atoms with Gasteiger partial charge in [-0.25, -0.2) is 8.60 Å². The van der Waals surface area contributed by atoms with Crippen molar-refractivity contribution in [3.63, 3.8) is 0 Å². The second-order valence-electron chi connectivity index (χ2n) is 5.70. The van der Waals surface area contributed by atoms with Gasteiger partial charge in [0.25, 0.3) is 0 Å². The summed E-state index contributed by atoms with van der Waals surface area (Å²) in [5.74, 6) is 3.23. The van der Waals surface area contributed by atoms with Gasteiger partial charge in [0.05, 0.1) is 0 Å². The lowest BCUT2D eigenvalue weighted by atomic mass is 10.0. The van der Waals surface area contributed by atoms with Crippen LogP contribution in [0.3, 0.4) is 0 Å². The molecule has 122 valence electrons. The predicted octanol–water partition coefficient (Wildman–Crippen LogP) is 3.79. The number of oxazole rings is 1. The first-order valence-corrected chi connectivity index (χ1v) is 9.30. The van der Waals surface area contributed by atoms with Crippen LogP contribution in [0.15, 0.2) is 47.0 Å². The van der Waals surface area contributed by atoms with E-state index in [-0.39, 0.29) is 11.8 Å². The number of fused-ring (bicyclic) bond motifs is 2. The largest absolute Gasteiger partial charge is 0.423 e. The highest BCUT2D eigenvalue weighted by molar-refractivity contribution is 8.00. The summed E-state index contributed by atoms with van der Waals surface area (Å²) in [6, 6.07) is 10.4. The number of halogens is 1. The van der Waals surface area contributed by atoms with Gasteiger partial charge in [0.15, 0.2) is 5.58 Å². The van der Waals surface area contributed by atoms with Crippen LogP contribution in [0.4, 0.5) is 10.4 Å². The van der Waals surface area contributed by atoms with Crippen molar-refractivity contribution in [2.45, 2.75) is 0 Å². The average molecular weight is 343 g/mol. The Bertz CT molecular complexity index is 1180. The van der Waals surface area contributed by atoms with Crippen molar-refractivity contribution < 1.29 is 13.0 Å². The molecule has 1 atom stereocenters. The molecule has 0 amide bonds. The Hall–Kier alpha value is -2.80. The van der Waals surface area contributed by atoms with Gasteiger partial charge in [-0.1, -0.05) is 6.07 Å². The SMILES string of the molecule is C=S(C)(=O)Nc1nc2ccc(-c3c[nH]c4cc(F)ccc34)cc2o1. The van der Waals surface area contributed by atoms with E-state index in [1.807, 2.05) is 24.4 Å². The van der Waals surface area contributed by atoms with E-state index in [0.29, 0.717) is 11.1 Å². The summed E-state index contributed by atoms with van der Waals surface area (Å²) in [4.78, 5) is 7.31. The minimum absolute atomic E-state index is 0.172. The van der Waals surface area contributed by atoms with Crippen molar-refractivity contribution in [2.75, 3.05) is 11.0 Å². The summed E-state index contributed by atoms with van der Waals surface area (Å²) < 4.78 is 33.3. The number of hydrogen-bond donors (Lipinski definition) is 2. The van der Waals surface area contributed by atoms with Crippen LogP contribution in [-0.4, -0.2) is 26.3 Å². The molecule has 4 rings (SSSR count). The summed E-state index contributed by atoms with van der Waals surface area (Å²) >= 11 is 0. The zero-order chi connectivity index (χ0) is 16.9. The molecule has 2 heterocycles. The molecule has 0 saturated carbocycles. The Morgan fingerprint density at radius 1 is 1.29 bits per heavy atom. The summed E-state index contributed by atoms with van der Waals surface area (Å²) in [6.45, 7) is 0. The van der Waals surface area contributed by atoms with Gasteiger partial charge in [-0.15, -0.1) is 0 Å². The number of anilines is 1. The second-order valence-corrected chi connectivity index (χ2v) is 7.91. The summed E-state index contributed by atoms with van der Waals surface area (Å²) in [7, 11) is -2.46. The summed E-state index contributed by atoms with van der Waals surface area (Å²) in [5, 5.41) is 0.919. The van der Waals surface area contributed by atoms with E-state index >= 15 is 0 Å². The molecule has 2 aromatic heterocycles. The van der Waals surface area contributed by atoms with E-state index in [0.717, 1.165) is 22.0 Å². The van der Waals surface area contributed by atoms with Crippen LogP contribution in [0.2, 0.25) is 0 Å². The maximum absolute atomic E-state index is 13.3. The minimum Gasteiger partial charge on any atom is -0.423 e. The number of rotatable bonds is 3. The van der Waals surface area contributed by atoms with Crippen molar-refractivity contribution >= 4 is 43.6 Å². The van der Waals surface area contributed by atoms with Crippen LogP contribution in [0.5, 0.6) is 0 Å². The first kappa shape index (κ1) is 14.8. The highest BCUT2D eigenvalue weighted by Gasteiger charge is 2.11. The summed E-state index contributed by atoms with van der Waals surface area (Å²) in [5.41, 5.74) is 3.79. The number of hydrogen-bond acceptors (Lipinski definition) is 3. The lowest BCUT2D eigenvalue weighted by Crippen LogP contribution is -2.09. The number of aromatic amines is 1. The van der Waals surface area contributed by atoms with Crippen molar-refractivity contribution in [1.29, 1.82) is 0 Å². The van der Waals surface area contributed by atoms with Gasteiger partial charge in [0, 0.05) is 38.6 Å². The third-order valence-corrected chi connectivity index (χ3v) is 4.25. The molecular weight excluding hydrogens is 329 g/mol. The molecule has 0 aliphatic rings. The van der Waals surface area contributed by atoms with Crippen molar-refractivity contribution in [2.24, 2.45) is 0 Å². The molecule has 1 unspecified atom stereocenters. The molecule has 5 nitrogen and oxygen atoms in total. The Labute approximate surface area is 137 Å². The molecule has 0 fully saturated rings. The molecule has 4 aromatic rings. The highest BCUT2D eigenvalue weighted by Crippen LogP contribution is 2.32. The van der Waals surface area contributed by atoms with Crippen LogP contribution in [0.1, 0.15) is 0 Å². The quantitative estimate of drug-likeness (QED) is 0.556. The van der Waals surface area contributed by atoms with Crippen LogP contribution >= 0.6 is 0 Å². The fourth-order valence-corrected chi connectivity index (χ4v) is 3.11. The van der Waals surface area contributed by atoms with Gasteiger partial charge in [-0.05, 0) is 41.8 Å². The van der Waals surface area contributed by atoms with Crippen LogP contribution in [0.25, 0.3) is 33.1 Å². The minimum atomic E-state index is -2.46. The van der Waals surface area contributed by atoms with Gasteiger partial charge in [-0.2, -0.15) is 4.98 Å². The number of aromatic nitrogens is 2. The molecule has 2 N–H and O–H groups in total. The zero-order valence-corrected chi connectivity index (χ0v) is 13.6.